The SMILES string of the molecule is C=C(C)C(=O)OCCCc1cc(-c2ccc(-c3ccc(CCCCCCCCC)cc3)cc2CC)cc(CCCOC(=O)C(=C)C)c1OCCC(CO)(CO)CCC. The van der Waals surface area contributed by atoms with E-state index in [0.29, 0.717) is 56.3 Å². The average Bonchev–Trinajstić information content (AvgIpc) is 3.23. The second kappa shape index (κ2) is 26.0. The second-order valence-corrected chi connectivity index (χ2v) is 16.1. The molecule has 0 amide bonds. The van der Waals surface area contributed by atoms with Gasteiger partial charge in [-0.25, -0.2) is 9.59 Å². The highest BCUT2D eigenvalue weighted by molar-refractivity contribution is 5.87. The number of aliphatic hydroxyl groups excluding tert-OH is 2. The largest absolute Gasteiger partial charge is 0.493 e. The van der Waals surface area contributed by atoms with Crippen molar-refractivity contribution in [1.29, 1.82) is 0 Å². The van der Waals surface area contributed by atoms with E-state index in [2.05, 4.69) is 81.6 Å². The van der Waals surface area contributed by atoms with Crippen molar-refractivity contribution in [3.63, 3.8) is 0 Å². The smallest absolute Gasteiger partial charge is 0.333 e. The number of unbranched alkanes of at least 4 members (excludes halogenated alkanes) is 6. The summed E-state index contributed by atoms with van der Waals surface area (Å²) in [7, 11) is 0. The Bertz CT molecular complexity index is 1680. The van der Waals surface area contributed by atoms with Gasteiger partial charge in [-0.1, -0.05) is 121 Å². The van der Waals surface area contributed by atoms with Crippen LogP contribution in [0.25, 0.3) is 22.3 Å². The van der Waals surface area contributed by atoms with Crippen molar-refractivity contribution in [3.05, 3.63) is 101 Å². The molecule has 0 saturated heterocycles. The summed E-state index contributed by atoms with van der Waals surface area (Å²) >= 11 is 0. The maximum Gasteiger partial charge on any atom is 0.333 e. The molecule has 0 aliphatic rings. The van der Waals surface area contributed by atoms with Crippen LogP contribution in [0.2, 0.25) is 0 Å². The van der Waals surface area contributed by atoms with Gasteiger partial charge in [0.2, 0.25) is 0 Å². The molecule has 0 radical (unpaired) electrons. The summed E-state index contributed by atoms with van der Waals surface area (Å²) in [5.41, 5.74) is 9.26. The lowest BCUT2D eigenvalue weighted by molar-refractivity contribution is -0.139. The first kappa shape index (κ1) is 48.2. The minimum absolute atomic E-state index is 0.124. The lowest BCUT2D eigenvalue weighted by Gasteiger charge is -2.30. The van der Waals surface area contributed by atoms with Gasteiger partial charge in [0.1, 0.15) is 5.75 Å². The lowest BCUT2D eigenvalue weighted by atomic mass is 9.82. The van der Waals surface area contributed by atoms with E-state index in [-0.39, 0.29) is 26.4 Å². The molecule has 0 heterocycles. The predicted molar refractivity (Wildman–Crippen MR) is 238 cm³/mol. The van der Waals surface area contributed by atoms with E-state index >= 15 is 0 Å². The topological polar surface area (TPSA) is 102 Å². The number of aliphatic hydroxyl groups is 2. The zero-order valence-electron chi connectivity index (χ0n) is 36.4. The van der Waals surface area contributed by atoms with Gasteiger partial charge in [-0.05, 0) is 128 Å². The zero-order chi connectivity index (χ0) is 42.3. The third-order valence-electron chi connectivity index (χ3n) is 11.1. The molecule has 0 aliphatic heterocycles. The van der Waals surface area contributed by atoms with Crippen LogP contribution in [-0.2, 0) is 44.7 Å². The minimum Gasteiger partial charge on any atom is -0.493 e. The van der Waals surface area contributed by atoms with Crippen LogP contribution in [0.1, 0.15) is 134 Å². The lowest BCUT2D eigenvalue weighted by Crippen LogP contribution is -2.31. The maximum absolute atomic E-state index is 12.2. The Morgan fingerprint density at radius 3 is 1.64 bits per heavy atom. The van der Waals surface area contributed by atoms with Gasteiger partial charge in [0.15, 0.2) is 0 Å². The van der Waals surface area contributed by atoms with Crippen LogP contribution in [0.15, 0.2) is 78.9 Å². The molecule has 0 atom stereocenters. The summed E-state index contributed by atoms with van der Waals surface area (Å²) in [5.74, 6) is -0.0781. The third-order valence-corrected chi connectivity index (χ3v) is 11.1. The van der Waals surface area contributed by atoms with E-state index in [1.165, 1.54) is 67.2 Å². The Kier molecular flexibility index (Phi) is 21.6. The van der Waals surface area contributed by atoms with E-state index < -0.39 is 17.4 Å². The Morgan fingerprint density at radius 1 is 0.586 bits per heavy atom. The first-order valence-corrected chi connectivity index (χ1v) is 21.9. The summed E-state index contributed by atoms with van der Waals surface area (Å²) in [4.78, 5) is 24.4. The quantitative estimate of drug-likeness (QED) is 0.0410. The number of carbonyl (C=O) groups is 2. The normalized spacial score (nSPS) is 11.4. The van der Waals surface area contributed by atoms with Crippen molar-refractivity contribution in [2.75, 3.05) is 33.0 Å². The van der Waals surface area contributed by atoms with E-state index in [9.17, 15) is 19.8 Å². The van der Waals surface area contributed by atoms with Gasteiger partial charge < -0.3 is 24.4 Å². The fourth-order valence-corrected chi connectivity index (χ4v) is 7.46. The average molecular weight is 797 g/mol. The van der Waals surface area contributed by atoms with Crippen LogP contribution < -0.4 is 4.74 Å². The zero-order valence-corrected chi connectivity index (χ0v) is 36.4. The molecule has 58 heavy (non-hydrogen) atoms. The predicted octanol–water partition coefficient (Wildman–Crippen LogP) is 11.5. The third kappa shape index (κ3) is 15.5. The summed E-state index contributed by atoms with van der Waals surface area (Å²) in [6.07, 6.45) is 15.5. The van der Waals surface area contributed by atoms with E-state index in [4.69, 9.17) is 14.2 Å². The fourth-order valence-electron chi connectivity index (χ4n) is 7.46. The van der Waals surface area contributed by atoms with Gasteiger partial charge in [-0.2, -0.15) is 0 Å². The van der Waals surface area contributed by atoms with Crippen LogP contribution >= 0.6 is 0 Å². The Morgan fingerprint density at radius 2 is 1.12 bits per heavy atom. The van der Waals surface area contributed by atoms with Gasteiger partial charge in [0.05, 0.1) is 33.0 Å². The molecule has 0 bridgehead atoms. The van der Waals surface area contributed by atoms with Gasteiger partial charge >= 0.3 is 11.9 Å². The minimum atomic E-state index is -0.631. The van der Waals surface area contributed by atoms with Crippen LogP contribution in [0.4, 0.5) is 0 Å². The molecule has 3 aromatic rings. The fraction of sp³-hybridized carbons (Fsp3) is 0.529. The number of esters is 2. The molecule has 0 spiro atoms. The molecule has 0 aromatic heterocycles. The van der Waals surface area contributed by atoms with E-state index in [1.807, 2.05) is 6.92 Å². The Balaban J connectivity index is 1.96. The highest BCUT2D eigenvalue weighted by Gasteiger charge is 2.28. The van der Waals surface area contributed by atoms with Crippen molar-refractivity contribution in [2.24, 2.45) is 5.41 Å². The van der Waals surface area contributed by atoms with Crippen molar-refractivity contribution >= 4 is 11.9 Å². The number of aryl methyl sites for hydroxylation is 4. The van der Waals surface area contributed by atoms with Crippen molar-refractivity contribution in [2.45, 2.75) is 137 Å². The monoisotopic (exact) mass is 797 g/mol. The summed E-state index contributed by atoms with van der Waals surface area (Å²) in [6.45, 7) is 17.7. The summed E-state index contributed by atoms with van der Waals surface area (Å²) in [6, 6.07) is 20.1. The van der Waals surface area contributed by atoms with Gasteiger partial charge in [0, 0.05) is 16.6 Å². The molecule has 2 N–H and O–H groups in total. The van der Waals surface area contributed by atoms with Crippen molar-refractivity contribution in [1.82, 2.24) is 0 Å². The van der Waals surface area contributed by atoms with Crippen LogP contribution in [0.5, 0.6) is 5.75 Å². The Labute approximate surface area is 349 Å². The number of benzene rings is 3. The summed E-state index contributed by atoms with van der Waals surface area (Å²) in [5, 5.41) is 20.5. The number of hydrogen-bond acceptors (Lipinski definition) is 7. The molecular weight excluding hydrogens is 725 g/mol. The number of ether oxygens (including phenoxy) is 3. The maximum atomic E-state index is 12.2. The van der Waals surface area contributed by atoms with Gasteiger partial charge in [0.25, 0.3) is 0 Å². The molecule has 7 nitrogen and oxygen atoms in total. The first-order chi connectivity index (χ1) is 28.0. The number of rotatable bonds is 29. The molecule has 0 unspecified atom stereocenters. The molecule has 3 aromatic carbocycles. The molecular formula is C51H72O7. The molecule has 0 aliphatic carbocycles. The second-order valence-electron chi connectivity index (χ2n) is 16.1. The highest BCUT2D eigenvalue weighted by atomic mass is 16.5. The molecule has 318 valence electrons. The number of hydrogen-bond donors (Lipinski definition) is 2. The van der Waals surface area contributed by atoms with Crippen LogP contribution in [0.3, 0.4) is 0 Å². The van der Waals surface area contributed by atoms with Gasteiger partial charge in [-0.3, -0.25) is 0 Å². The molecule has 0 fully saturated rings. The first-order valence-electron chi connectivity index (χ1n) is 21.9. The van der Waals surface area contributed by atoms with Crippen molar-refractivity contribution < 1.29 is 34.0 Å². The highest BCUT2D eigenvalue weighted by Crippen LogP contribution is 2.37. The summed E-state index contributed by atoms with van der Waals surface area (Å²) < 4.78 is 17.6. The van der Waals surface area contributed by atoms with Gasteiger partial charge in [-0.15, -0.1) is 0 Å². The van der Waals surface area contributed by atoms with Crippen molar-refractivity contribution in [3.8, 4) is 28.0 Å². The van der Waals surface area contributed by atoms with Crippen LogP contribution in [0, 0.1) is 5.41 Å². The molecule has 3 rings (SSSR count). The van der Waals surface area contributed by atoms with Crippen LogP contribution in [-0.4, -0.2) is 55.2 Å². The Hall–Kier alpha value is -4.20. The standard InChI is InChI=1S/C51H72O7/c1-8-11-12-13-14-15-16-19-40-22-24-42(25-23-40)43-26-27-47(41(10-3)33-43)46-34-44(20-17-30-57-49(54)38(4)5)48(56-32-29-51(36-52,37-53)28-9-2)45(35-46)21-18-31-58-50(55)39(6)7/h22-27,33-35,52-53H,4,6,8-21,28-32,36-37H2,1-3,5,7H3. The molecule has 0 saturated carbocycles. The van der Waals surface area contributed by atoms with E-state index in [0.717, 1.165) is 47.3 Å². The number of carbonyl (C=O) groups excluding carboxylic acids is 2. The van der Waals surface area contributed by atoms with E-state index in [1.54, 1.807) is 13.8 Å². The molecule has 7 heteroatoms.